The van der Waals surface area contributed by atoms with Crippen molar-refractivity contribution in [2.75, 3.05) is 33.9 Å². The molecule has 0 unspecified atom stereocenters. The van der Waals surface area contributed by atoms with Crippen LogP contribution < -0.4 is 0 Å². The standard InChI is InChI=1S/C5H12N2.CH2O2/c1-6-3-4-7(2)5-6;2-1-3/h3-5H2,1-2H3;1H,(H,2,3). The van der Waals surface area contributed by atoms with Gasteiger partial charge in [-0.3, -0.25) is 14.6 Å². The first-order valence-electron chi connectivity index (χ1n) is 3.15. The summed E-state index contributed by atoms with van der Waals surface area (Å²) >= 11 is 0. The van der Waals surface area contributed by atoms with E-state index in [0.29, 0.717) is 0 Å². The molecule has 0 aromatic rings. The highest BCUT2D eigenvalue weighted by Gasteiger charge is 2.09. The fourth-order valence-corrected chi connectivity index (χ4v) is 0.895. The van der Waals surface area contributed by atoms with Gasteiger partial charge in [-0.05, 0) is 14.1 Å². The van der Waals surface area contributed by atoms with E-state index in [-0.39, 0.29) is 6.47 Å². The molecule has 1 saturated heterocycles. The summed E-state index contributed by atoms with van der Waals surface area (Å²) in [5, 5.41) is 6.89. The molecule has 0 atom stereocenters. The Kier molecular flexibility index (Phi) is 4.88. The molecule has 0 radical (unpaired) electrons. The Balaban J connectivity index is 0.000000236. The number of likely N-dealkylation sites (N-methyl/N-ethyl adjacent to an activating group) is 2. The van der Waals surface area contributed by atoms with Crippen LogP contribution in [0.15, 0.2) is 0 Å². The van der Waals surface area contributed by atoms with Crippen LogP contribution in [-0.4, -0.2) is 55.2 Å². The van der Waals surface area contributed by atoms with Gasteiger partial charge in [0, 0.05) is 13.1 Å². The lowest BCUT2D eigenvalue weighted by atomic mass is 10.6. The third kappa shape index (κ3) is 4.29. The van der Waals surface area contributed by atoms with Crippen LogP contribution in [0.25, 0.3) is 0 Å². The summed E-state index contributed by atoms with van der Waals surface area (Å²) in [6.07, 6.45) is 0. The number of rotatable bonds is 0. The van der Waals surface area contributed by atoms with E-state index in [0.717, 1.165) is 6.67 Å². The molecule has 60 valence electrons. The van der Waals surface area contributed by atoms with Crippen molar-refractivity contribution >= 4 is 6.47 Å². The molecule has 0 bridgehead atoms. The zero-order valence-electron chi connectivity index (χ0n) is 6.45. The largest absolute Gasteiger partial charge is 0.483 e. The molecule has 1 rings (SSSR count). The lowest BCUT2D eigenvalue weighted by molar-refractivity contribution is -0.122. The van der Waals surface area contributed by atoms with Gasteiger partial charge >= 0.3 is 0 Å². The topological polar surface area (TPSA) is 43.8 Å². The Morgan fingerprint density at radius 3 is 1.70 bits per heavy atom. The number of nitrogens with zero attached hydrogens (tertiary/aromatic N) is 2. The fourth-order valence-electron chi connectivity index (χ4n) is 0.895. The van der Waals surface area contributed by atoms with Gasteiger partial charge in [-0.25, -0.2) is 0 Å². The van der Waals surface area contributed by atoms with Gasteiger partial charge in [-0.15, -0.1) is 0 Å². The van der Waals surface area contributed by atoms with Gasteiger partial charge in [0.2, 0.25) is 0 Å². The SMILES string of the molecule is CN1CCN(C)C1.O=CO. The highest BCUT2D eigenvalue weighted by molar-refractivity contribution is 5.32. The van der Waals surface area contributed by atoms with Gasteiger partial charge in [-0.2, -0.15) is 0 Å². The van der Waals surface area contributed by atoms with Crippen molar-refractivity contribution < 1.29 is 9.90 Å². The monoisotopic (exact) mass is 146 g/mol. The van der Waals surface area contributed by atoms with Crippen molar-refractivity contribution in [3.05, 3.63) is 0 Å². The summed E-state index contributed by atoms with van der Waals surface area (Å²) in [5.74, 6) is 0. The predicted octanol–water partition coefficient (Wildman–Crippen LogP) is -0.478. The zero-order chi connectivity index (χ0) is 7.98. The minimum Gasteiger partial charge on any atom is -0.483 e. The van der Waals surface area contributed by atoms with Gasteiger partial charge in [0.25, 0.3) is 6.47 Å². The Hall–Kier alpha value is -0.610. The molecule has 0 aliphatic carbocycles. The molecule has 0 amide bonds. The molecule has 0 aromatic heterocycles. The Labute approximate surface area is 61.0 Å². The van der Waals surface area contributed by atoms with E-state index in [1.165, 1.54) is 13.1 Å². The molecular weight excluding hydrogens is 132 g/mol. The van der Waals surface area contributed by atoms with Crippen molar-refractivity contribution in [3.63, 3.8) is 0 Å². The van der Waals surface area contributed by atoms with Gasteiger partial charge in [0.1, 0.15) is 0 Å². The maximum absolute atomic E-state index is 8.36. The van der Waals surface area contributed by atoms with Gasteiger partial charge < -0.3 is 5.11 Å². The lowest BCUT2D eigenvalue weighted by Crippen LogP contribution is -2.17. The summed E-state index contributed by atoms with van der Waals surface area (Å²) in [4.78, 5) is 13.0. The van der Waals surface area contributed by atoms with Crippen LogP contribution in [0.3, 0.4) is 0 Å². The van der Waals surface area contributed by atoms with E-state index < -0.39 is 0 Å². The molecule has 0 spiro atoms. The third-order valence-corrected chi connectivity index (χ3v) is 1.35. The number of hydrogen-bond acceptors (Lipinski definition) is 3. The van der Waals surface area contributed by atoms with Crippen molar-refractivity contribution in [2.24, 2.45) is 0 Å². The number of carbonyl (C=O) groups is 1. The molecule has 1 heterocycles. The smallest absolute Gasteiger partial charge is 0.290 e. The van der Waals surface area contributed by atoms with E-state index >= 15 is 0 Å². The summed E-state index contributed by atoms with van der Waals surface area (Å²) in [6.45, 7) is 3.35. The highest BCUT2D eigenvalue weighted by Crippen LogP contribution is 1.95. The maximum Gasteiger partial charge on any atom is 0.290 e. The second-order valence-electron chi connectivity index (χ2n) is 2.41. The number of hydrogen-bond donors (Lipinski definition) is 1. The maximum atomic E-state index is 8.36. The average molecular weight is 146 g/mol. The summed E-state index contributed by atoms with van der Waals surface area (Å²) in [6, 6.07) is 0. The van der Waals surface area contributed by atoms with Crippen LogP contribution in [0.5, 0.6) is 0 Å². The second-order valence-corrected chi connectivity index (χ2v) is 2.41. The third-order valence-electron chi connectivity index (χ3n) is 1.35. The van der Waals surface area contributed by atoms with Gasteiger partial charge in [-0.1, -0.05) is 0 Å². The van der Waals surface area contributed by atoms with Crippen molar-refractivity contribution in [3.8, 4) is 0 Å². The minimum absolute atomic E-state index is 0.250. The molecule has 1 N–H and O–H groups in total. The average Bonchev–Trinajstić information content (AvgIpc) is 2.17. The van der Waals surface area contributed by atoms with E-state index in [1.807, 2.05) is 0 Å². The summed E-state index contributed by atoms with van der Waals surface area (Å²) < 4.78 is 0. The molecule has 1 fully saturated rings. The Morgan fingerprint density at radius 1 is 1.30 bits per heavy atom. The van der Waals surface area contributed by atoms with Crippen LogP contribution in [0.1, 0.15) is 0 Å². The number of carboxylic acid groups (broad SMARTS) is 1. The normalized spacial score (nSPS) is 19.8. The quantitative estimate of drug-likeness (QED) is 0.469. The Morgan fingerprint density at radius 2 is 1.60 bits per heavy atom. The summed E-state index contributed by atoms with van der Waals surface area (Å²) in [5.41, 5.74) is 0. The van der Waals surface area contributed by atoms with Crippen LogP contribution in [0.4, 0.5) is 0 Å². The second kappa shape index (κ2) is 5.20. The van der Waals surface area contributed by atoms with E-state index in [9.17, 15) is 0 Å². The molecule has 0 aromatic carbocycles. The molecular formula is C6H14N2O2. The van der Waals surface area contributed by atoms with Gasteiger partial charge in [0.15, 0.2) is 0 Å². The van der Waals surface area contributed by atoms with Crippen LogP contribution in [0, 0.1) is 0 Å². The van der Waals surface area contributed by atoms with Crippen molar-refractivity contribution in [2.45, 2.75) is 0 Å². The van der Waals surface area contributed by atoms with Crippen molar-refractivity contribution in [1.29, 1.82) is 0 Å². The zero-order valence-corrected chi connectivity index (χ0v) is 6.45. The highest BCUT2D eigenvalue weighted by atomic mass is 16.3. The molecule has 0 saturated carbocycles. The first kappa shape index (κ1) is 9.39. The molecule has 1 aliphatic heterocycles. The van der Waals surface area contributed by atoms with E-state index in [2.05, 4.69) is 23.9 Å². The van der Waals surface area contributed by atoms with E-state index in [4.69, 9.17) is 9.90 Å². The fraction of sp³-hybridized carbons (Fsp3) is 0.833. The summed E-state index contributed by atoms with van der Waals surface area (Å²) in [7, 11) is 4.28. The molecule has 10 heavy (non-hydrogen) atoms. The van der Waals surface area contributed by atoms with Crippen LogP contribution in [0.2, 0.25) is 0 Å². The Bertz CT molecular complexity index is 89.7. The van der Waals surface area contributed by atoms with E-state index in [1.54, 1.807) is 0 Å². The first-order chi connectivity index (χ1) is 4.70. The molecule has 4 heteroatoms. The van der Waals surface area contributed by atoms with Crippen molar-refractivity contribution in [1.82, 2.24) is 9.80 Å². The van der Waals surface area contributed by atoms with Crippen LogP contribution >= 0.6 is 0 Å². The minimum atomic E-state index is -0.250. The molecule has 4 nitrogen and oxygen atoms in total. The van der Waals surface area contributed by atoms with Crippen LogP contribution in [-0.2, 0) is 4.79 Å². The predicted molar refractivity (Wildman–Crippen MR) is 38.8 cm³/mol. The first-order valence-corrected chi connectivity index (χ1v) is 3.15. The van der Waals surface area contributed by atoms with Gasteiger partial charge in [0.05, 0.1) is 6.67 Å². The lowest BCUT2D eigenvalue weighted by Gasteiger charge is -2.06. The molecule has 1 aliphatic rings.